The van der Waals surface area contributed by atoms with Gasteiger partial charge in [-0.1, -0.05) is 23.2 Å². The van der Waals surface area contributed by atoms with Gasteiger partial charge in [0.05, 0.1) is 16.9 Å². The van der Waals surface area contributed by atoms with Crippen LogP contribution in [0.25, 0.3) is 0 Å². The predicted octanol–water partition coefficient (Wildman–Crippen LogP) is 4.60. The molecule has 4 N–H and O–H groups in total. The summed E-state index contributed by atoms with van der Waals surface area (Å²) < 4.78 is 0.738. The number of carbonyl (C=O) groups is 1. The van der Waals surface area contributed by atoms with Crippen molar-refractivity contribution in [3.8, 4) is 0 Å². The summed E-state index contributed by atoms with van der Waals surface area (Å²) >= 11 is 15.4. The molecule has 0 heterocycles. The molecule has 0 saturated carbocycles. The van der Waals surface area contributed by atoms with Gasteiger partial charge >= 0.3 is 0 Å². The quantitative estimate of drug-likeness (QED) is 0.531. The van der Waals surface area contributed by atoms with E-state index in [1.54, 1.807) is 18.2 Å². The van der Waals surface area contributed by atoms with E-state index in [9.17, 15) is 4.79 Å². The molecule has 0 radical (unpaired) electrons. The maximum Gasteiger partial charge on any atom is 0.257 e. The molecule has 0 saturated heterocycles. The SMILES string of the molecule is Cc1cc(Br)c(NC(=O)c2cc(Cl)ccc2NN)cc1Cl. The molecule has 0 fully saturated rings. The Hall–Kier alpha value is -1.27. The van der Waals surface area contributed by atoms with Crippen molar-refractivity contribution >= 4 is 56.4 Å². The summed E-state index contributed by atoms with van der Waals surface area (Å²) in [6, 6.07) is 8.33. The summed E-state index contributed by atoms with van der Waals surface area (Å²) in [6.07, 6.45) is 0. The third-order valence-electron chi connectivity index (χ3n) is 2.88. The van der Waals surface area contributed by atoms with Crippen molar-refractivity contribution in [1.29, 1.82) is 0 Å². The van der Waals surface area contributed by atoms with Gasteiger partial charge in [-0.3, -0.25) is 10.6 Å². The van der Waals surface area contributed by atoms with Gasteiger partial charge < -0.3 is 10.7 Å². The number of anilines is 2. The summed E-state index contributed by atoms with van der Waals surface area (Å²) in [5, 5.41) is 3.78. The van der Waals surface area contributed by atoms with E-state index in [-0.39, 0.29) is 5.91 Å². The first-order valence-electron chi connectivity index (χ1n) is 5.95. The van der Waals surface area contributed by atoms with Crippen LogP contribution in [-0.4, -0.2) is 5.91 Å². The molecule has 0 aliphatic heterocycles. The molecule has 0 spiro atoms. The second-order valence-electron chi connectivity index (χ2n) is 4.37. The lowest BCUT2D eigenvalue weighted by atomic mass is 10.1. The molecule has 1 amide bonds. The van der Waals surface area contributed by atoms with E-state index < -0.39 is 0 Å². The lowest BCUT2D eigenvalue weighted by molar-refractivity contribution is 0.102. The fourth-order valence-corrected chi connectivity index (χ4v) is 2.65. The normalized spacial score (nSPS) is 10.3. The highest BCUT2D eigenvalue weighted by Gasteiger charge is 2.14. The molecule has 4 nitrogen and oxygen atoms in total. The smallest absolute Gasteiger partial charge is 0.257 e. The minimum absolute atomic E-state index is 0.341. The van der Waals surface area contributed by atoms with E-state index in [0.717, 1.165) is 10.0 Å². The van der Waals surface area contributed by atoms with Crippen LogP contribution in [0.5, 0.6) is 0 Å². The van der Waals surface area contributed by atoms with Crippen molar-refractivity contribution in [1.82, 2.24) is 0 Å². The minimum atomic E-state index is -0.342. The average molecular weight is 389 g/mol. The fraction of sp³-hybridized carbons (Fsp3) is 0.0714. The molecular formula is C14H12BrCl2N3O. The number of nitrogens with two attached hydrogens (primary N) is 1. The van der Waals surface area contributed by atoms with Crippen LogP contribution in [0, 0.1) is 6.92 Å². The van der Waals surface area contributed by atoms with Crippen molar-refractivity contribution in [3.05, 3.63) is 56.0 Å². The first-order chi connectivity index (χ1) is 9.92. The first kappa shape index (κ1) is 16.1. The molecular weight excluding hydrogens is 377 g/mol. The van der Waals surface area contributed by atoms with Crippen LogP contribution >= 0.6 is 39.1 Å². The summed E-state index contributed by atoms with van der Waals surface area (Å²) in [5.41, 5.74) is 4.77. The van der Waals surface area contributed by atoms with E-state index in [4.69, 9.17) is 29.0 Å². The number of hydrogen-bond acceptors (Lipinski definition) is 3. The van der Waals surface area contributed by atoms with E-state index in [1.807, 2.05) is 13.0 Å². The van der Waals surface area contributed by atoms with Crippen molar-refractivity contribution in [2.45, 2.75) is 6.92 Å². The summed E-state index contributed by atoms with van der Waals surface area (Å²) in [4.78, 5) is 12.4. The van der Waals surface area contributed by atoms with Crippen molar-refractivity contribution < 1.29 is 4.79 Å². The van der Waals surface area contributed by atoms with Gasteiger partial charge in [0.2, 0.25) is 0 Å². The first-order valence-corrected chi connectivity index (χ1v) is 7.50. The molecule has 2 rings (SSSR count). The van der Waals surface area contributed by atoms with Crippen LogP contribution in [0.2, 0.25) is 10.0 Å². The maximum absolute atomic E-state index is 12.4. The van der Waals surface area contributed by atoms with E-state index in [1.165, 1.54) is 6.07 Å². The number of carbonyl (C=O) groups excluding carboxylic acids is 1. The average Bonchev–Trinajstić information content (AvgIpc) is 2.44. The van der Waals surface area contributed by atoms with Crippen LogP contribution < -0.4 is 16.6 Å². The van der Waals surface area contributed by atoms with Crippen LogP contribution in [0.1, 0.15) is 15.9 Å². The number of halogens is 3. The van der Waals surface area contributed by atoms with E-state index in [0.29, 0.717) is 27.0 Å². The van der Waals surface area contributed by atoms with Crippen molar-refractivity contribution in [3.63, 3.8) is 0 Å². The zero-order chi connectivity index (χ0) is 15.6. The highest BCUT2D eigenvalue weighted by molar-refractivity contribution is 9.10. The molecule has 0 aliphatic rings. The Kier molecular flexibility index (Phi) is 5.11. The van der Waals surface area contributed by atoms with Crippen LogP contribution in [0.15, 0.2) is 34.8 Å². The molecule has 0 bridgehead atoms. The Balaban J connectivity index is 2.34. The highest BCUT2D eigenvalue weighted by Crippen LogP contribution is 2.30. The predicted molar refractivity (Wildman–Crippen MR) is 91.1 cm³/mol. The zero-order valence-electron chi connectivity index (χ0n) is 11.0. The number of nitrogen functional groups attached to an aromatic ring is 1. The molecule has 0 atom stereocenters. The lowest BCUT2D eigenvalue weighted by Crippen LogP contribution is -2.17. The molecule has 0 unspecified atom stereocenters. The second kappa shape index (κ2) is 6.66. The Morgan fingerprint density at radius 3 is 2.57 bits per heavy atom. The molecule has 0 aliphatic carbocycles. The summed E-state index contributed by atoms with van der Waals surface area (Å²) in [7, 11) is 0. The second-order valence-corrected chi connectivity index (χ2v) is 6.07. The Bertz CT molecular complexity index is 707. The molecule has 21 heavy (non-hydrogen) atoms. The van der Waals surface area contributed by atoms with Crippen molar-refractivity contribution in [2.24, 2.45) is 5.84 Å². The van der Waals surface area contributed by atoms with Gasteiger partial charge in [0, 0.05) is 14.5 Å². The highest BCUT2D eigenvalue weighted by atomic mass is 79.9. The topological polar surface area (TPSA) is 67.2 Å². The van der Waals surface area contributed by atoms with Crippen LogP contribution in [0.4, 0.5) is 11.4 Å². The Morgan fingerprint density at radius 2 is 1.90 bits per heavy atom. The molecule has 0 aromatic heterocycles. The van der Waals surface area contributed by atoms with Gasteiger partial charge in [0.25, 0.3) is 5.91 Å². The molecule has 7 heteroatoms. The molecule has 2 aromatic rings. The van der Waals surface area contributed by atoms with Gasteiger partial charge in [-0.2, -0.15) is 0 Å². The third kappa shape index (κ3) is 3.68. The number of rotatable bonds is 3. The van der Waals surface area contributed by atoms with Crippen LogP contribution in [0.3, 0.4) is 0 Å². The monoisotopic (exact) mass is 387 g/mol. The van der Waals surface area contributed by atoms with Gasteiger partial charge in [-0.05, 0) is 58.7 Å². The van der Waals surface area contributed by atoms with Gasteiger partial charge in [0.1, 0.15) is 0 Å². The van der Waals surface area contributed by atoms with Crippen molar-refractivity contribution in [2.75, 3.05) is 10.7 Å². The van der Waals surface area contributed by atoms with E-state index in [2.05, 4.69) is 26.7 Å². The van der Waals surface area contributed by atoms with Gasteiger partial charge in [-0.25, -0.2) is 0 Å². The standard InChI is InChI=1S/C14H12BrCl2N3O/c1-7-4-10(15)13(6-11(7)17)19-14(21)9-5-8(16)2-3-12(9)20-18/h2-6,20H,18H2,1H3,(H,19,21). The maximum atomic E-state index is 12.4. The Morgan fingerprint density at radius 1 is 1.19 bits per heavy atom. The summed E-state index contributed by atoms with van der Waals surface area (Å²) in [6.45, 7) is 1.88. The number of aryl methyl sites for hydroxylation is 1. The summed E-state index contributed by atoms with van der Waals surface area (Å²) in [5.74, 6) is 5.06. The zero-order valence-corrected chi connectivity index (χ0v) is 14.1. The Labute approximate surface area is 140 Å². The lowest BCUT2D eigenvalue weighted by Gasteiger charge is -2.12. The minimum Gasteiger partial charge on any atom is -0.323 e. The largest absolute Gasteiger partial charge is 0.323 e. The van der Waals surface area contributed by atoms with E-state index >= 15 is 0 Å². The number of benzene rings is 2. The van der Waals surface area contributed by atoms with Gasteiger partial charge in [0.15, 0.2) is 0 Å². The van der Waals surface area contributed by atoms with Crippen LogP contribution in [-0.2, 0) is 0 Å². The molecule has 110 valence electrons. The third-order valence-corrected chi connectivity index (χ3v) is 4.18. The molecule has 2 aromatic carbocycles. The number of hydrazine groups is 1. The van der Waals surface area contributed by atoms with Gasteiger partial charge in [-0.15, -0.1) is 0 Å². The fourth-order valence-electron chi connectivity index (χ4n) is 1.76. The number of amides is 1. The number of nitrogens with one attached hydrogen (secondary N) is 2. The number of hydrogen-bond donors (Lipinski definition) is 3.